The number of benzene rings is 2. The lowest BCUT2D eigenvalue weighted by Gasteiger charge is -2.10. The van der Waals surface area contributed by atoms with Crippen LogP contribution in [0.25, 0.3) is 10.9 Å². The molecule has 0 saturated heterocycles. The first-order valence-corrected chi connectivity index (χ1v) is 7.58. The van der Waals surface area contributed by atoms with Gasteiger partial charge in [0, 0.05) is 22.1 Å². The molecule has 0 aliphatic heterocycles. The number of fused-ring (bicyclic) bond motifs is 1. The first-order valence-electron chi connectivity index (χ1n) is 6.79. The normalized spacial score (nSPS) is 10.5. The van der Waals surface area contributed by atoms with Gasteiger partial charge in [0.15, 0.2) is 0 Å². The summed E-state index contributed by atoms with van der Waals surface area (Å²) in [5, 5.41) is 4.42. The number of nitrogens with one attached hydrogen (secondary N) is 1. The number of anilines is 1. The van der Waals surface area contributed by atoms with Gasteiger partial charge < -0.3 is 10.1 Å². The first-order chi connectivity index (χ1) is 10.3. The summed E-state index contributed by atoms with van der Waals surface area (Å²) in [6.07, 6.45) is 1.76. The summed E-state index contributed by atoms with van der Waals surface area (Å²) in [6.45, 7) is 1.32. The fraction of sp³-hybridized carbons (Fsp3) is 0.118. The van der Waals surface area contributed by atoms with E-state index in [1.807, 2.05) is 54.6 Å². The molecule has 106 valence electrons. The molecule has 1 aromatic heterocycles. The van der Waals surface area contributed by atoms with Crippen LogP contribution in [0, 0.1) is 0 Å². The summed E-state index contributed by atoms with van der Waals surface area (Å²) in [7, 11) is 0. The largest absolute Gasteiger partial charge is 0.490 e. The summed E-state index contributed by atoms with van der Waals surface area (Å²) in [5.74, 6) is 0.794. The van der Waals surface area contributed by atoms with Crippen molar-refractivity contribution in [1.82, 2.24) is 4.98 Å². The summed E-state index contributed by atoms with van der Waals surface area (Å²) in [4.78, 5) is 4.38. The van der Waals surface area contributed by atoms with E-state index in [2.05, 4.69) is 26.2 Å². The highest BCUT2D eigenvalue weighted by Crippen LogP contribution is 2.21. The number of rotatable bonds is 5. The first kappa shape index (κ1) is 13.9. The van der Waals surface area contributed by atoms with Crippen molar-refractivity contribution in [2.24, 2.45) is 0 Å². The Balaban J connectivity index is 1.56. The molecular weight excluding hydrogens is 328 g/mol. The topological polar surface area (TPSA) is 34.1 Å². The highest BCUT2D eigenvalue weighted by molar-refractivity contribution is 9.10. The number of ether oxygens (including phenoxy) is 1. The number of hydrogen-bond donors (Lipinski definition) is 1. The van der Waals surface area contributed by atoms with Crippen molar-refractivity contribution in [3.8, 4) is 5.75 Å². The SMILES string of the molecule is Brc1ccccc1NCCOc1cnc2ccccc2c1. The van der Waals surface area contributed by atoms with Gasteiger partial charge in [0.1, 0.15) is 12.4 Å². The van der Waals surface area contributed by atoms with Gasteiger partial charge in [-0.15, -0.1) is 0 Å². The highest BCUT2D eigenvalue weighted by Gasteiger charge is 1.99. The Kier molecular flexibility index (Phi) is 4.36. The van der Waals surface area contributed by atoms with Gasteiger partial charge in [-0.05, 0) is 40.2 Å². The Hall–Kier alpha value is -2.07. The van der Waals surface area contributed by atoms with Crippen molar-refractivity contribution >= 4 is 32.5 Å². The average molecular weight is 343 g/mol. The van der Waals surface area contributed by atoms with E-state index in [0.29, 0.717) is 6.61 Å². The maximum absolute atomic E-state index is 5.74. The van der Waals surface area contributed by atoms with E-state index in [1.54, 1.807) is 6.20 Å². The summed E-state index contributed by atoms with van der Waals surface area (Å²) < 4.78 is 6.79. The van der Waals surface area contributed by atoms with Crippen molar-refractivity contribution in [3.63, 3.8) is 0 Å². The van der Waals surface area contributed by atoms with Crippen LogP contribution in [0.3, 0.4) is 0 Å². The molecule has 0 radical (unpaired) electrons. The zero-order valence-electron chi connectivity index (χ0n) is 11.4. The second kappa shape index (κ2) is 6.59. The molecule has 4 heteroatoms. The molecule has 0 aliphatic rings. The molecule has 0 amide bonds. The molecular formula is C17H15BrN2O. The third-order valence-electron chi connectivity index (χ3n) is 3.13. The van der Waals surface area contributed by atoms with Crippen LogP contribution in [0.1, 0.15) is 0 Å². The third-order valence-corrected chi connectivity index (χ3v) is 3.82. The summed E-state index contributed by atoms with van der Waals surface area (Å²) >= 11 is 3.51. The minimum atomic E-state index is 0.585. The minimum absolute atomic E-state index is 0.585. The minimum Gasteiger partial charge on any atom is -0.490 e. The zero-order valence-corrected chi connectivity index (χ0v) is 13.0. The van der Waals surface area contributed by atoms with Crippen LogP contribution in [0.5, 0.6) is 5.75 Å². The van der Waals surface area contributed by atoms with E-state index in [4.69, 9.17) is 4.74 Å². The fourth-order valence-electron chi connectivity index (χ4n) is 2.09. The molecule has 0 bridgehead atoms. The van der Waals surface area contributed by atoms with Crippen LogP contribution in [0.2, 0.25) is 0 Å². The van der Waals surface area contributed by atoms with Crippen molar-refractivity contribution < 1.29 is 4.74 Å². The fourth-order valence-corrected chi connectivity index (χ4v) is 2.51. The van der Waals surface area contributed by atoms with E-state index >= 15 is 0 Å². The average Bonchev–Trinajstić information content (AvgIpc) is 2.53. The van der Waals surface area contributed by atoms with Crippen molar-refractivity contribution in [3.05, 3.63) is 65.3 Å². The Morgan fingerprint density at radius 3 is 2.76 bits per heavy atom. The monoisotopic (exact) mass is 342 g/mol. The molecule has 0 atom stereocenters. The standard InChI is InChI=1S/C17H15BrN2O/c18-15-6-2-4-8-17(15)19-9-10-21-14-11-13-5-1-3-7-16(13)20-12-14/h1-8,11-12,19H,9-10H2. The molecule has 1 heterocycles. The van der Waals surface area contributed by atoms with E-state index in [9.17, 15) is 0 Å². The molecule has 0 unspecified atom stereocenters. The van der Waals surface area contributed by atoms with Crippen LogP contribution in [0.4, 0.5) is 5.69 Å². The van der Waals surface area contributed by atoms with Crippen molar-refractivity contribution in [2.75, 3.05) is 18.5 Å². The van der Waals surface area contributed by atoms with Crippen molar-refractivity contribution in [1.29, 1.82) is 0 Å². The van der Waals surface area contributed by atoms with Gasteiger partial charge in [-0.25, -0.2) is 0 Å². The van der Waals surface area contributed by atoms with Gasteiger partial charge in [-0.2, -0.15) is 0 Å². The van der Waals surface area contributed by atoms with E-state index in [1.165, 1.54) is 0 Å². The Morgan fingerprint density at radius 1 is 1.05 bits per heavy atom. The molecule has 3 rings (SSSR count). The van der Waals surface area contributed by atoms with Gasteiger partial charge in [0.05, 0.1) is 11.7 Å². The molecule has 0 saturated carbocycles. The summed E-state index contributed by atoms with van der Waals surface area (Å²) in [6, 6.07) is 18.1. The summed E-state index contributed by atoms with van der Waals surface area (Å²) in [5.41, 5.74) is 2.05. The lowest BCUT2D eigenvalue weighted by molar-refractivity contribution is 0.332. The van der Waals surface area contributed by atoms with Gasteiger partial charge in [0.2, 0.25) is 0 Å². The quantitative estimate of drug-likeness (QED) is 0.693. The van der Waals surface area contributed by atoms with Gasteiger partial charge in [0.25, 0.3) is 0 Å². The zero-order chi connectivity index (χ0) is 14.5. The lowest BCUT2D eigenvalue weighted by Crippen LogP contribution is -2.11. The number of nitrogens with zero attached hydrogens (tertiary/aromatic N) is 1. The lowest BCUT2D eigenvalue weighted by atomic mass is 10.2. The molecule has 0 fully saturated rings. The van der Waals surface area contributed by atoms with Crippen LogP contribution in [0.15, 0.2) is 65.3 Å². The number of para-hydroxylation sites is 2. The van der Waals surface area contributed by atoms with Crippen LogP contribution in [-0.4, -0.2) is 18.1 Å². The number of pyridine rings is 1. The maximum atomic E-state index is 5.74. The molecule has 21 heavy (non-hydrogen) atoms. The Bertz CT molecular complexity index is 745. The second-order valence-electron chi connectivity index (χ2n) is 4.62. The van der Waals surface area contributed by atoms with Crippen LogP contribution < -0.4 is 10.1 Å². The van der Waals surface area contributed by atoms with E-state index < -0.39 is 0 Å². The smallest absolute Gasteiger partial charge is 0.138 e. The Labute approximate surface area is 132 Å². The van der Waals surface area contributed by atoms with Crippen LogP contribution >= 0.6 is 15.9 Å². The van der Waals surface area contributed by atoms with Crippen LogP contribution in [-0.2, 0) is 0 Å². The molecule has 3 aromatic rings. The van der Waals surface area contributed by atoms with Gasteiger partial charge >= 0.3 is 0 Å². The van der Waals surface area contributed by atoms with E-state index in [-0.39, 0.29) is 0 Å². The Morgan fingerprint density at radius 2 is 1.86 bits per heavy atom. The number of halogens is 1. The number of hydrogen-bond acceptors (Lipinski definition) is 3. The van der Waals surface area contributed by atoms with E-state index in [0.717, 1.165) is 33.4 Å². The van der Waals surface area contributed by atoms with Crippen molar-refractivity contribution in [2.45, 2.75) is 0 Å². The molecule has 0 spiro atoms. The van der Waals surface area contributed by atoms with Gasteiger partial charge in [-0.1, -0.05) is 30.3 Å². The molecule has 1 N–H and O–H groups in total. The second-order valence-corrected chi connectivity index (χ2v) is 5.47. The third kappa shape index (κ3) is 3.52. The molecule has 0 aliphatic carbocycles. The highest BCUT2D eigenvalue weighted by atomic mass is 79.9. The van der Waals surface area contributed by atoms with Gasteiger partial charge in [-0.3, -0.25) is 4.98 Å². The molecule has 3 nitrogen and oxygen atoms in total. The molecule has 2 aromatic carbocycles. The predicted octanol–water partition coefficient (Wildman–Crippen LogP) is 4.49. The predicted molar refractivity (Wildman–Crippen MR) is 89.9 cm³/mol. The number of aromatic nitrogens is 1. The maximum Gasteiger partial charge on any atom is 0.138 e.